The second kappa shape index (κ2) is 6.00. The molecule has 0 fully saturated rings. The van der Waals surface area contributed by atoms with Crippen molar-refractivity contribution in [2.24, 2.45) is 0 Å². The third-order valence-electron chi connectivity index (χ3n) is 3.43. The van der Waals surface area contributed by atoms with E-state index >= 15 is 0 Å². The van der Waals surface area contributed by atoms with Crippen LogP contribution in [0.15, 0.2) is 54.6 Å². The first-order chi connectivity index (χ1) is 9.88. The third-order valence-corrected chi connectivity index (χ3v) is 3.43. The summed E-state index contributed by atoms with van der Waals surface area (Å²) < 4.78 is 0. The molecule has 0 aliphatic rings. The molecule has 3 nitrogen and oxygen atoms in total. The Morgan fingerprint density at radius 2 is 1.52 bits per heavy atom. The largest absolute Gasteiger partial charge is 0.288 e. The van der Waals surface area contributed by atoms with Crippen LogP contribution in [-0.2, 0) is 5.41 Å². The molecule has 2 aromatic rings. The van der Waals surface area contributed by atoms with Gasteiger partial charge < -0.3 is 0 Å². The zero-order chi connectivity index (χ0) is 15.5. The van der Waals surface area contributed by atoms with Crippen LogP contribution < -0.4 is 10.4 Å². The highest BCUT2D eigenvalue weighted by atomic mass is 16.2. The second-order valence-corrected chi connectivity index (χ2v) is 6.16. The normalized spacial score (nSPS) is 11.0. The van der Waals surface area contributed by atoms with Gasteiger partial charge in [-0.3, -0.25) is 15.2 Å². The van der Waals surface area contributed by atoms with Crippen molar-refractivity contribution in [3.63, 3.8) is 0 Å². The maximum absolute atomic E-state index is 12.2. The number of nitrogens with zero attached hydrogens (tertiary/aromatic N) is 1. The smallest absolute Gasteiger partial charge is 0.269 e. The van der Waals surface area contributed by atoms with Gasteiger partial charge in [-0.15, -0.1) is 0 Å². The van der Waals surface area contributed by atoms with Crippen LogP contribution in [-0.4, -0.2) is 13.0 Å². The molecule has 0 saturated carbocycles. The lowest BCUT2D eigenvalue weighted by molar-refractivity contribution is 0.0951. The SMILES string of the molecule is CN(NC(=O)c1ccc(C(C)(C)C)cc1)c1ccccc1. The Bertz CT molecular complexity index is 597. The van der Waals surface area contributed by atoms with Crippen LogP contribution in [0.5, 0.6) is 0 Å². The van der Waals surface area contributed by atoms with Gasteiger partial charge in [0.05, 0.1) is 5.69 Å². The van der Waals surface area contributed by atoms with Gasteiger partial charge in [-0.05, 0) is 35.2 Å². The standard InChI is InChI=1S/C18H22N2O/c1-18(2,3)15-12-10-14(11-13-15)17(21)19-20(4)16-8-6-5-7-9-16/h5-13H,1-4H3,(H,19,21). The van der Waals surface area contributed by atoms with Crippen LogP contribution in [0, 0.1) is 0 Å². The highest BCUT2D eigenvalue weighted by Crippen LogP contribution is 2.22. The average molecular weight is 282 g/mol. The Morgan fingerprint density at radius 3 is 2.05 bits per heavy atom. The maximum Gasteiger partial charge on any atom is 0.269 e. The molecule has 0 heterocycles. The van der Waals surface area contributed by atoms with Gasteiger partial charge in [0.25, 0.3) is 5.91 Å². The summed E-state index contributed by atoms with van der Waals surface area (Å²) in [7, 11) is 1.83. The Balaban J connectivity index is 2.07. The molecular weight excluding hydrogens is 260 g/mol. The number of nitrogens with one attached hydrogen (secondary N) is 1. The summed E-state index contributed by atoms with van der Waals surface area (Å²) in [4.78, 5) is 12.2. The summed E-state index contributed by atoms with van der Waals surface area (Å²) >= 11 is 0. The van der Waals surface area contributed by atoms with Crippen molar-refractivity contribution in [2.75, 3.05) is 12.1 Å². The van der Waals surface area contributed by atoms with Crippen LogP contribution in [0.4, 0.5) is 5.69 Å². The average Bonchev–Trinajstić information content (AvgIpc) is 2.47. The van der Waals surface area contributed by atoms with E-state index < -0.39 is 0 Å². The predicted molar refractivity (Wildman–Crippen MR) is 87.5 cm³/mol. The molecule has 0 radical (unpaired) electrons. The molecule has 0 atom stereocenters. The topological polar surface area (TPSA) is 32.3 Å². The van der Waals surface area contributed by atoms with Gasteiger partial charge in [0.1, 0.15) is 0 Å². The summed E-state index contributed by atoms with van der Waals surface area (Å²) in [6.45, 7) is 6.47. The van der Waals surface area contributed by atoms with Crippen LogP contribution in [0.2, 0.25) is 0 Å². The minimum Gasteiger partial charge on any atom is -0.288 e. The Morgan fingerprint density at radius 1 is 0.952 bits per heavy atom. The molecule has 1 N–H and O–H groups in total. The van der Waals surface area contributed by atoms with E-state index in [2.05, 4.69) is 26.2 Å². The van der Waals surface area contributed by atoms with E-state index in [4.69, 9.17) is 0 Å². The van der Waals surface area contributed by atoms with Crippen molar-refractivity contribution in [1.29, 1.82) is 0 Å². The molecule has 0 aromatic heterocycles. The molecule has 2 aromatic carbocycles. The summed E-state index contributed by atoms with van der Waals surface area (Å²) in [6, 6.07) is 17.5. The molecule has 2 rings (SSSR count). The lowest BCUT2D eigenvalue weighted by atomic mass is 9.87. The summed E-state index contributed by atoms with van der Waals surface area (Å²) in [5, 5.41) is 1.72. The van der Waals surface area contributed by atoms with Gasteiger partial charge in [0, 0.05) is 12.6 Å². The number of para-hydroxylation sites is 1. The molecular formula is C18H22N2O. The van der Waals surface area contributed by atoms with Gasteiger partial charge in [-0.2, -0.15) is 0 Å². The first-order valence-electron chi connectivity index (χ1n) is 7.08. The first-order valence-corrected chi connectivity index (χ1v) is 7.08. The zero-order valence-electron chi connectivity index (χ0n) is 13.1. The number of carbonyl (C=O) groups excluding carboxylic acids is 1. The fraction of sp³-hybridized carbons (Fsp3) is 0.278. The van der Waals surface area contributed by atoms with Crippen LogP contribution in [0.1, 0.15) is 36.7 Å². The van der Waals surface area contributed by atoms with Gasteiger partial charge in [-0.25, -0.2) is 0 Å². The van der Waals surface area contributed by atoms with E-state index in [0.29, 0.717) is 5.56 Å². The number of hydrazine groups is 1. The Labute approximate surface area is 126 Å². The number of carbonyl (C=O) groups is 1. The summed E-state index contributed by atoms with van der Waals surface area (Å²) in [5.74, 6) is -0.109. The van der Waals surface area contributed by atoms with E-state index in [9.17, 15) is 4.79 Å². The monoisotopic (exact) mass is 282 g/mol. The van der Waals surface area contributed by atoms with E-state index in [1.807, 2.05) is 61.6 Å². The highest BCUT2D eigenvalue weighted by molar-refractivity contribution is 5.95. The zero-order valence-corrected chi connectivity index (χ0v) is 13.1. The molecule has 0 unspecified atom stereocenters. The number of benzene rings is 2. The molecule has 21 heavy (non-hydrogen) atoms. The van der Waals surface area contributed by atoms with Crippen molar-refractivity contribution in [2.45, 2.75) is 26.2 Å². The van der Waals surface area contributed by atoms with Crippen molar-refractivity contribution < 1.29 is 4.79 Å². The fourth-order valence-corrected chi connectivity index (χ4v) is 2.05. The van der Waals surface area contributed by atoms with Gasteiger partial charge in [0.2, 0.25) is 0 Å². The molecule has 1 amide bonds. The first kappa shape index (κ1) is 15.1. The Kier molecular flexibility index (Phi) is 4.32. The fourth-order valence-electron chi connectivity index (χ4n) is 2.05. The maximum atomic E-state index is 12.2. The molecule has 0 saturated heterocycles. The van der Waals surface area contributed by atoms with Crippen molar-refractivity contribution in [3.05, 3.63) is 65.7 Å². The predicted octanol–water partition coefficient (Wildman–Crippen LogP) is 3.77. The third kappa shape index (κ3) is 3.85. The molecule has 3 heteroatoms. The lowest BCUT2D eigenvalue weighted by Gasteiger charge is -2.21. The van der Waals surface area contributed by atoms with E-state index in [-0.39, 0.29) is 11.3 Å². The van der Waals surface area contributed by atoms with Crippen LogP contribution in [0.3, 0.4) is 0 Å². The lowest BCUT2D eigenvalue weighted by Crippen LogP contribution is -2.39. The van der Waals surface area contributed by atoms with E-state index in [0.717, 1.165) is 5.69 Å². The van der Waals surface area contributed by atoms with Crippen LogP contribution in [0.25, 0.3) is 0 Å². The van der Waals surface area contributed by atoms with Crippen molar-refractivity contribution >= 4 is 11.6 Å². The summed E-state index contributed by atoms with van der Waals surface area (Å²) in [6.07, 6.45) is 0. The van der Waals surface area contributed by atoms with Crippen molar-refractivity contribution in [1.82, 2.24) is 5.43 Å². The molecule has 0 bridgehead atoms. The molecule has 110 valence electrons. The number of rotatable bonds is 3. The number of amides is 1. The molecule has 0 aliphatic carbocycles. The summed E-state index contributed by atoms with van der Waals surface area (Å²) in [5.41, 5.74) is 5.78. The van der Waals surface area contributed by atoms with Crippen LogP contribution >= 0.6 is 0 Å². The Hall–Kier alpha value is -2.29. The van der Waals surface area contributed by atoms with Crippen molar-refractivity contribution in [3.8, 4) is 0 Å². The number of hydrogen-bond acceptors (Lipinski definition) is 2. The highest BCUT2D eigenvalue weighted by Gasteiger charge is 2.14. The molecule has 0 spiro atoms. The van der Waals surface area contributed by atoms with Gasteiger partial charge >= 0.3 is 0 Å². The minimum absolute atomic E-state index is 0.0931. The number of hydrogen-bond donors (Lipinski definition) is 1. The van der Waals surface area contributed by atoms with E-state index in [1.54, 1.807) is 5.01 Å². The minimum atomic E-state index is -0.109. The van der Waals surface area contributed by atoms with Gasteiger partial charge in [-0.1, -0.05) is 51.1 Å². The van der Waals surface area contributed by atoms with E-state index in [1.165, 1.54) is 5.56 Å². The number of anilines is 1. The second-order valence-electron chi connectivity index (χ2n) is 6.16. The quantitative estimate of drug-likeness (QED) is 0.869. The molecule has 0 aliphatic heterocycles. The van der Waals surface area contributed by atoms with Gasteiger partial charge in [0.15, 0.2) is 0 Å².